The summed E-state index contributed by atoms with van der Waals surface area (Å²) >= 11 is 0. The van der Waals surface area contributed by atoms with Crippen molar-refractivity contribution < 1.29 is 27.5 Å². The van der Waals surface area contributed by atoms with Crippen molar-refractivity contribution in [2.75, 3.05) is 18.0 Å². The quantitative estimate of drug-likeness (QED) is 0.850. The number of rotatable bonds is 2. The van der Waals surface area contributed by atoms with Crippen molar-refractivity contribution in [2.45, 2.75) is 19.0 Å². The first-order valence-electron chi connectivity index (χ1n) is 6.14. The molecule has 0 atom stereocenters. The summed E-state index contributed by atoms with van der Waals surface area (Å²) in [6.07, 6.45) is -4.56. The lowest BCUT2D eigenvalue weighted by molar-refractivity contribution is -0.179. The third-order valence-corrected chi connectivity index (χ3v) is 3.49. The highest BCUT2D eigenvalue weighted by Crippen LogP contribution is 2.36. The molecule has 7 heteroatoms. The van der Waals surface area contributed by atoms with Gasteiger partial charge in [-0.3, -0.25) is 0 Å². The lowest BCUT2D eigenvalue weighted by Crippen LogP contribution is -2.40. The molecular weight excluding hydrogens is 278 g/mol. The molecule has 0 aromatic heterocycles. The van der Waals surface area contributed by atoms with Crippen LogP contribution in [0.4, 0.5) is 23.2 Å². The van der Waals surface area contributed by atoms with Crippen LogP contribution in [0.5, 0.6) is 0 Å². The summed E-state index contributed by atoms with van der Waals surface area (Å²) in [6.45, 7) is -0.0171. The number of alkyl halides is 3. The van der Waals surface area contributed by atoms with Crippen LogP contribution in [0.15, 0.2) is 18.2 Å². The predicted octanol–water partition coefficient (Wildman–Crippen LogP) is 3.30. The molecular formula is C13H13F4NO2. The highest BCUT2D eigenvalue weighted by atomic mass is 19.4. The fourth-order valence-electron chi connectivity index (χ4n) is 2.44. The molecule has 110 valence electrons. The van der Waals surface area contributed by atoms with E-state index in [0.29, 0.717) is 0 Å². The van der Waals surface area contributed by atoms with Crippen molar-refractivity contribution in [1.29, 1.82) is 0 Å². The van der Waals surface area contributed by atoms with Gasteiger partial charge in [0.05, 0.1) is 17.2 Å². The molecule has 0 unspecified atom stereocenters. The molecule has 1 fully saturated rings. The summed E-state index contributed by atoms with van der Waals surface area (Å²) in [7, 11) is 0. The van der Waals surface area contributed by atoms with Crippen molar-refractivity contribution >= 4 is 11.7 Å². The predicted molar refractivity (Wildman–Crippen MR) is 64.4 cm³/mol. The molecule has 0 saturated carbocycles. The summed E-state index contributed by atoms with van der Waals surface area (Å²) in [6, 6.07) is 3.62. The van der Waals surface area contributed by atoms with Gasteiger partial charge in [0.15, 0.2) is 0 Å². The Bertz CT molecular complexity index is 508. The topological polar surface area (TPSA) is 40.5 Å². The van der Waals surface area contributed by atoms with Crippen LogP contribution >= 0.6 is 0 Å². The Morgan fingerprint density at radius 2 is 1.85 bits per heavy atom. The van der Waals surface area contributed by atoms with Crippen LogP contribution in [-0.4, -0.2) is 30.3 Å². The zero-order valence-corrected chi connectivity index (χ0v) is 10.5. The Morgan fingerprint density at radius 1 is 1.25 bits per heavy atom. The van der Waals surface area contributed by atoms with Crippen LogP contribution in [0.25, 0.3) is 0 Å². The van der Waals surface area contributed by atoms with Gasteiger partial charge >= 0.3 is 12.1 Å². The smallest absolute Gasteiger partial charge is 0.391 e. The van der Waals surface area contributed by atoms with Crippen LogP contribution in [0, 0.1) is 11.7 Å². The Labute approximate surface area is 112 Å². The van der Waals surface area contributed by atoms with E-state index in [1.807, 2.05) is 0 Å². The van der Waals surface area contributed by atoms with E-state index in [1.165, 1.54) is 17.0 Å². The number of nitrogens with zero attached hydrogens (tertiary/aromatic N) is 1. The molecule has 1 aromatic rings. The number of hydrogen-bond donors (Lipinski definition) is 1. The number of carboxylic acids is 1. The summed E-state index contributed by atoms with van der Waals surface area (Å²) in [5.41, 5.74) is -0.351. The number of anilines is 1. The Balaban J connectivity index is 2.21. The number of piperidine rings is 1. The minimum Gasteiger partial charge on any atom is -0.478 e. The van der Waals surface area contributed by atoms with Gasteiger partial charge in [-0.25, -0.2) is 9.18 Å². The maximum atomic E-state index is 13.8. The second-order valence-corrected chi connectivity index (χ2v) is 4.74. The van der Waals surface area contributed by atoms with Crippen molar-refractivity contribution in [1.82, 2.24) is 0 Å². The van der Waals surface area contributed by atoms with Crippen molar-refractivity contribution in [3.8, 4) is 0 Å². The molecule has 0 amide bonds. The zero-order chi connectivity index (χ0) is 14.9. The fraction of sp³-hybridized carbons (Fsp3) is 0.462. The molecule has 1 aliphatic heterocycles. The van der Waals surface area contributed by atoms with E-state index in [2.05, 4.69) is 0 Å². The lowest BCUT2D eigenvalue weighted by Gasteiger charge is -2.35. The van der Waals surface area contributed by atoms with E-state index in [4.69, 9.17) is 5.11 Å². The van der Waals surface area contributed by atoms with Gasteiger partial charge in [0, 0.05) is 13.1 Å². The zero-order valence-electron chi connectivity index (χ0n) is 10.5. The van der Waals surface area contributed by atoms with E-state index >= 15 is 0 Å². The molecule has 1 N–H and O–H groups in total. The Kier molecular flexibility index (Phi) is 3.87. The second-order valence-electron chi connectivity index (χ2n) is 4.74. The molecule has 0 aliphatic carbocycles. The highest BCUT2D eigenvalue weighted by molar-refractivity contribution is 5.94. The molecule has 1 aromatic carbocycles. The molecule has 1 aliphatic rings. The average Bonchev–Trinajstić information content (AvgIpc) is 2.37. The second kappa shape index (κ2) is 5.30. The van der Waals surface area contributed by atoms with E-state index in [-0.39, 0.29) is 37.2 Å². The van der Waals surface area contributed by atoms with Crippen molar-refractivity contribution in [3.63, 3.8) is 0 Å². The monoisotopic (exact) mass is 291 g/mol. The van der Waals surface area contributed by atoms with Gasteiger partial charge in [-0.1, -0.05) is 6.07 Å². The number of halogens is 4. The molecule has 1 saturated heterocycles. The van der Waals surface area contributed by atoms with Crippen LogP contribution in [0.3, 0.4) is 0 Å². The molecule has 3 nitrogen and oxygen atoms in total. The van der Waals surface area contributed by atoms with Gasteiger partial charge in [-0.05, 0) is 25.0 Å². The molecule has 2 rings (SSSR count). The summed E-state index contributed by atoms with van der Waals surface area (Å²) < 4.78 is 51.5. The van der Waals surface area contributed by atoms with E-state index in [1.54, 1.807) is 0 Å². The number of aromatic carboxylic acids is 1. The van der Waals surface area contributed by atoms with E-state index < -0.39 is 23.9 Å². The maximum Gasteiger partial charge on any atom is 0.391 e. The minimum absolute atomic E-state index is 0.00854. The van der Waals surface area contributed by atoms with Gasteiger partial charge in [0.2, 0.25) is 0 Å². The van der Waals surface area contributed by atoms with Crippen LogP contribution in [0.2, 0.25) is 0 Å². The normalized spacial score (nSPS) is 17.3. The first kappa shape index (κ1) is 14.6. The largest absolute Gasteiger partial charge is 0.478 e. The molecule has 0 bridgehead atoms. The first-order chi connectivity index (χ1) is 9.30. The fourth-order valence-corrected chi connectivity index (χ4v) is 2.44. The standard InChI is InChI=1S/C13H13F4NO2/c14-10-3-1-2-9(12(19)20)11(10)18-6-4-8(5-7-18)13(15,16)17/h1-3,8H,4-7H2,(H,19,20). The number of carboxylic acid groups (broad SMARTS) is 1. The van der Waals surface area contributed by atoms with Gasteiger partial charge in [-0.2, -0.15) is 13.2 Å². The lowest BCUT2D eigenvalue weighted by atomic mass is 9.95. The minimum atomic E-state index is -4.25. The van der Waals surface area contributed by atoms with Gasteiger partial charge in [0.1, 0.15) is 5.82 Å². The molecule has 1 heterocycles. The van der Waals surface area contributed by atoms with Gasteiger partial charge in [-0.15, -0.1) is 0 Å². The average molecular weight is 291 g/mol. The number of benzene rings is 1. The SMILES string of the molecule is O=C(O)c1cccc(F)c1N1CCC(C(F)(F)F)CC1. The van der Waals surface area contributed by atoms with Crippen LogP contribution < -0.4 is 4.90 Å². The molecule has 0 spiro atoms. The van der Waals surface area contributed by atoms with Gasteiger partial charge < -0.3 is 10.0 Å². The van der Waals surface area contributed by atoms with Gasteiger partial charge in [0.25, 0.3) is 0 Å². The van der Waals surface area contributed by atoms with Crippen LogP contribution in [-0.2, 0) is 0 Å². The van der Waals surface area contributed by atoms with Crippen LogP contribution in [0.1, 0.15) is 23.2 Å². The third kappa shape index (κ3) is 2.86. The van der Waals surface area contributed by atoms with Crippen molar-refractivity contribution in [3.05, 3.63) is 29.6 Å². The van der Waals surface area contributed by atoms with E-state index in [0.717, 1.165) is 6.07 Å². The Morgan fingerprint density at radius 3 is 2.35 bits per heavy atom. The first-order valence-corrected chi connectivity index (χ1v) is 6.14. The highest BCUT2D eigenvalue weighted by Gasteiger charge is 2.41. The summed E-state index contributed by atoms with van der Waals surface area (Å²) in [5.74, 6) is -3.42. The number of carbonyl (C=O) groups is 1. The summed E-state index contributed by atoms with van der Waals surface area (Å²) in [5, 5.41) is 9.03. The number of para-hydroxylation sites is 1. The summed E-state index contributed by atoms with van der Waals surface area (Å²) in [4.78, 5) is 12.4. The number of hydrogen-bond acceptors (Lipinski definition) is 2. The van der Waals surface area contributed by atoms with E-state index in [9.17, 15) is 22.4 Å². The molecule has 20 heavy (non-hydrogen) atoms. The Hall–Kier alpha value is -1.79. The maximum absolute atomic E-state index is 13.8. The van der Waals surface area contributed by atoms with Crippen molar-refractivity contribution in [2.24, 2.45) is 5.92 Å². The third-order valence-electron chi connectivity index (χ3n) is 3.49. The molecule has 0 radical (unpaired) electrons.